The Morgan fingerprint density at radius 2 is 2.07 bits per heavy atom. The molecule has 0 heterocycles. The predicted octanol–water partition coefficient (Wildman–Crippen LogP) is 0.896. The standard InChI is InChI=1S/C12H23NO2/c1-12(2)10(6-11(12)15)13-9-5-3-4-8(9)7-14/h8-11,13-15H,3-7H2,1-2H3. The maximum atomic E-state index is 9.65. The molecular formula is C12H23NO2. The van der Waals surface area contributed by atoms with Crippen LogP contribution < -0.4 is 5.32 Å². The monoisotopic (exact) mass is 213 g/mol. The molecule has 2 rings (SSSR count). The van der Waals surface area contributed by atoms with E-state index in [1.807, 2.05) is 0 Å². The lowest BCUT2D eigenvalue weighted by Crippen LogP contribution is -2.62. The van der Waals surface area contributed by atoms with Crippen molar-refractivity contribution < 1.29 is 10.2 Å². The van der Waals surface area contributed by atoms with Crippen LogP contribution in [-0.2, 0) is 0 Å². The zero-order valence-corrected chi connectivity index (χ0v) is 9.74. The highest BCUT2D eigenvalue weighted by Crippen LogP contribution is 2.41. The Morgan fingerprint density at radius 1 is 1.33 bits per heavy atom. The second-order valence-electron chi connectivity index (χ2n) is 5.77. The normalized spacial score (nSPS) is 44.0. The van der Waals surface area contributed by atoms with Gasteiger partial charge in [0, 0.05) is 24.1 Å². The van der Waals surface area contributed by atoms with Gasteiger partial charge in [0.25, 0.3) is 0 Å². The molecule has 88 valence electrons. The maximum Gasteiger partial charge on any atom is 0.0621 e. The van der Waals surface area contributed by atoms with E-state index in [-0.39, 0.29) is 11.5 Å². The minimum Gasteiger partial charge on any atom is -0.396 e. The van der Waals surface area contributed by atoms with E-state index >= 15 is 0 Å². The SMILES string of the molecule is CC1(C)C(O)CC1NC1CCCC1CO. The zero-order valence-electron chi connectivity index (χ0n) is 9.74. The summed E-state index contributed by atoms with van der Waals surface area (Å²) < 4.78 is 0. The van der Waals surface area contributed by atoms with Gasteiger partial charge in [-0.3, -0.25) is 0 Å². The molecule has 2 fully saturated rings. The van der Waals surface area contributed by atoms with Gasteiger partial charge in [0.15, 0.2) is 0 Å². The third-order valence-corrected chi connectivity index (χ3v) is 4.52. The van der Waals surface area contributed by atoms with E-state index in [0.29, 0.717) is 24.6 Å². The molecule has 2 aliphatic carbocycles. The van der Waals surface area contributed by atoms with Crippen LogP contribution in [0.1, 0.15) is 39.5 Å². The molecule has 4 unspecified atom stereocenters. The Balaban J connectivity index is 1.87. The number of aliphatic hydroxyl groups is 2. The van der Waals surface area contributed by atoms with Crippen molar-refractivity contribution in [2.75, 3.05) is 6.61 Å². The van der Waals surface area contributed by atoms with Gasteiger partial charge in [0.05, 0.1) is 6.10 Å². The summed E-state index contributed by atoms with van der Waals surface area (Å²) in [7, 11) is 0. The van der Waals surface area contributed by atoms with Crippen molar-refractivity contribution >= 4 is 0 Å². The fraction of sp³-hybridized carbons (Fsp3) is 1.00. The van der Waals surface area contributed by atoms with Gasteiger partial charge in [-0.2, -0.15) is 0 Å². The summed E-state index contributed by atoms with van der Waals surface area (Å²) in [6.45, 7) is 4.52. The first kappa shape index (κ1) is 11.4. The summed E-state index contributed by atoms with van der Waals surface area (Å²) in [4.78, 5) is 0. The van der Waals surface area contributed by atoms with E-state index in [2.05, 4.69) is 19.2 Å². The fourth-order valence-electron chi connectivity index (χ4n) is 2.92. The van der Waals surface area contributed by atoms with Crippen molar-refractivity contribution in [2.45, 2.75) is 57.7 Å². The van der Waals surface area contributed by atoms with Crippen LogP contribution in [-0.4, -0.2) is 35.0 Å². The quantitative estimate of drug-likeness (QED) is 0.653. The van der Waals surface area contributed by atoms with Crippen LogP contribution in [0, 0.1) is 11.3 Å². The first-order valence-corrected chi connectivity index (χ1v) is 6.10. The third kappa shape index (κ3) is 1.93. The highest BCUT2D eigenvalue weighted by Gasteiger charge is 2.48. The van der Waals surface area contributed by atoms with Crippen LogP contribution >= 0.6 is 0 Å². The smallest absolute Gasteiger partial charge is 0.0621 e. The minimum absolute atomic E-state index is 0.00258. The number of rotatable bonds is 3. The molecule has 2 aliphatic rings. The molecule has 0 saturated heterocycles. The molecular weight excluding hydrogens is 190 g/mol. The average molecular weight is 213 g/mol. The minimum atomic E-state index is -0.163. The van der Waals surface area contributed by atoms with Crippen molar-refractivity contribution in [3.8, 4) is 0 Å². The van der Waals surface area contributed by atoms with Crippen molar-refractivity contribution in [3.63, 3.8) is 0 Å². The van der Waals surface area contributed by atoms with Crippen LogP contribution in [0.3, 0.4) is 0 Å². The molecule has 0 bridgehead atoms. The highest BCUT2D eigenvalue weighted by molar-refractivity contribution is 5.03. The molecule has 0 radical (unpaired) electrons. The lowest BCUT2D eigenvalue weighted by molar-refractivity contribution is -0.0777. The largest absolute Gasteiger partial charge is 0.396 e. The zero-order chi connectivity index (χ0) is 11.1. The highest BCUT2D eigenvalue weighted by atomic mass is 16.3. The predicted molar refractivity (Wildman–Crippen MR) is 59.5 cm³/mol. The number of aliphatic hydroxyl groups excluding tert-OH is 2. The van der Waals surface area contributed by atoms with Gasteiger partial charge in [-0.25, -0.2) is 0 Å². The lowest BCUT2D eigenvalue weighted by atomic mass is 9.64. The van der Waals surface area contributed by atoms with Crippen molar-refractivity contribution in [2.24, 2.45) is 11.3 Å². The number of hydrogen-bond acceptors (Lipinski definition) is 3. The summed E-state index contributed by atoms with van der Waals surface area (Å²) in [6.07, 6.45) is 4.24. The Morgan fingerprint density at radius 3 is 2.60 bits per heavy atom. The van der Waals surface area contributed by atoms with Gasteiger partial charge in [-0.15, -0.1) is 0 Å². The van der Waals surface area contributed by atoms with Gasteiger partial charge >= 0.3 is 0 Å². The molecule has 0 aromatic heterocycles. The van der Waals surface area contributed by atoms with Crippen molar-refractivity contribution in [3.05, 3.63) is 0 Å². The molecule has 0 amide bonds. The number of nitrogens with one attached hydrogen (secondary N) is 1. The van der Waals surface area contributed by atoms with Crippen molar-refractivity contribution in [1.29, 1.82) is 0 Å². The van der Waals surface area contributed by atoms with E-state index in [1.165, 1.54) is 12.8 Å². The first-order chi connectivity index (χ1) is 7.05. The second-order valence-corrected chi connectivity index (χ2v) is 5.77. The van der Waals surface area contributed by atoms with Gasteiger partial charge in [-0.1, -0.05) is 20.3 Å². The van der Waals surface area contributed by atoms with E-state index in [4.69, 9.17) is 0 Å². The Kier molecular flexibility index (Phi) is 3.06. The van der Waals surface area contributed by atoms with E-state index < -0.39 is 0 Å². The van der Waals surface area contributed by atoms with Crippen LogP contribution in [0.5, 0.6) is 0 Å². The molecule has 3 heteroatoms. The fourth-order valence-corrected chi connectivity index (χ4v) is 2.92. The molecule has 0 aliphatic heterocycles. The number of hydrogen-bond donors (Lipinski definition) is 3. The molecule has 0 aromatic carbocycles. The summed E-state index contributed by atoms with van der Waals surface area (Å²) in [5.41, 5.74) is 0.00258. The van der Waals surface area contributed by atoms with Crippen LogP contribution in [0.25, 0.3) is 0 Å². The maximum absolute atomic E-state index is 9.65. The van der Waals surface area contributed by atoms with Crippen LogP contribution in [0.4, 0.5) is 0 Å². The molecule has 15 heavy (non-hydrogen) atoms. The third-order valence-electron chi connectivity index (χ3n) is 4.52. The Labute approximate surface area is 91.9 Å². The molecule has 0 aromatic rings. The molecule has 2 saturated carbocycles. The Bertz CT molecular complexity index is 230. The molecule has 3 nitrogen and oxygen atoms in total. The van der Waals surface area contributed by atoms with Crippen LogP contribution in [0.15, 0.2) is 0 Å². The molecule has 3 N–H and O–H groups in total. The van der Waals surface area contributed by atoms with E-state index in [0.717, 1.165) is 12.8 Å². The van der Waals surface area contributed by atoms with Gasteiger partial charge in [0.2, 0.25) is 0 Å². The van der Waals surface area contributed by atoms with Crippen LogP contribution in [0.2, 0.25) is 0 Å². The summed E-state index contributed by atoms with van der Waals surface area (Å²) in [6, 6.07) is 0.886. The molecule has 0 spiro atoms. The van der Waals surface area contributed by atoms with E-state index in [9.17, 15) is 10.2 Å². The Hall–Kier alpha value is -0.120. The topological polar surface area (TPSA) is 52.5 Å². The average Bonchev–Trinajstić information content (AvgIpc) is 2.65. The van der Waals surface area contributed by atoms with Gasteiger partial charge in [0.1, 0.15) is 0 Å². The lowest BCUT2D eigenvalue weighted by Gasteiger charge is -2.51. The van der Waals surface area contributed by atoms with Gasteiger partial charge in [-0.05, 0) is 25.2 Å². The summed E-state index contributed by atoms with van der Waals surface area (Å²) in [5, 5.41) is 22.5. The van der Waals surface area contributed by atoms with Crippen molar-refractivity contribution in [1.82, 2.24) is 5.32 Å². The molecule has 4 atom stereocenters. The summed E-state index contributed by atoms with van der Waals surface area (Å²) in [5.74, 6) is 0.429. The van der Waals surface area contributed by atoms with Gasteiger partial charge < -0.3 is 15.5 Å². The first-order valence-electron chi connectivity index (χ1n) is 6.10. The second kappa shape index (κ2) is 4.04. The van der Waals surface area contributed by atoms with E-state index in [1.54, 1.807) is 0 Å². The summed E-state index contributed by atoms with van der Waals surface area (Å²) >= 11 is 0.